The second-order valence-corrected chi connectivity index (χ2v) is 8.60. The zero-order valence-corrected chi connectivity index (χ0v) is 17.8. The van der Waals surface area contributed by atoms with Crippen LogP contribution in [0.1, 0.15) is 47.7 Å². The number of rotatable bonds is 4. The molecule has 4 atom stereocenters. The number of nitrogens with one attached hydrogen (secondary N) is 1. The Kier molecular flexibility index (Phi) is 5.63. The number of amides is 1. The van der Waals surface area contributed by atoms with Crippen molar-refractivity contribution >= 4 is 6.09 Å². The molecule has 1 aliphatic heterocycles. The summed E-state index contributed by atoms with van der Waals surface area (Å²) in [6.45, 7) is 2.01. The number of carbonyl (C=O) groups excluding carboxylic acids is 1. The van der Waals surface area contributed by atoms with Crippen LogP contribution >= 0.6 is 0 Å². The number of ether oxygens (including phenoxy) is 1. The van der Waals surface area contributed by atoms with Gasteiger partial charge in [0.25, 0.3) is 0 Å². The van der Waals surface area contributed by atoms with E-state index in [2.05, 4.69) is 5.32 Å². The van der Waals surface area contributed by atoms with Gasteiger partial charge in [0.05, 0.1) is 23.2 Å². The topological polar surface area (TPSA) is 41.6 Å². The fourth-order valence-electron chi connectivity index (χ4n) is 4.42. The van der Waals surface area contributed by atoms with E-state index >= 15 is 0 Å². The predicted octanol–water partition coefficient (Wildman–Crippen LogP) is 5.96. The van der Waals surface area contributed by atoms with Crippen molar-refractivity contribution in [2.75, 3.05) is 13.6 Å². The third kappa shape index (κ3) is 4.40. The van der Waals surface area contributed by atoms with E-state index in [-0.39, 0.29) is 23.6 Å². The largest absolute Gasteiger partial charge is 0.440 e. The zero-order valence-electron chi connectivity index (χ0n) is 17.8. The van der Waals surface area contributed by atoms with Gasteiger partial charge in [-0.1, -0.05) is 30.3 Å². The predicted molar refractivity (Wildman–Crippen MR) is 107 cm³/mol. The molecule has 0 bridgehead atoms. The smallest absolute Gasteiger partial charge is 0.416 e. The van der Waals surface area contributed by atoms with E-state index in [0.29, 0.717) is 25.1 Å². The molecule has 1 saturated carbocycles. The Labute approximate surface area is 186 Å². The van der Waals surface area contributed by atoms with Crippen molar-refractivity contribution in [3.05, 3.63) is 70.8 Å². The summed E-state index contributed by atoms with van der Waals surface area (Å²) in [4.78, 5) is 13.9. The molecule has 4 nitrogen and oxygen atoms in total. The molecule has 1 heterocycles. The van der Waals surface area contributed by atoms with Gasteiger partial charge in [-0.3, -0.25) is 0 Å². The second-order valence-electron chi connectivity index (χ2n) is 8.60. The SMILES string of the molecule is C[C@H](c1cc(C(F)(F)F)cc(C(F)(F)F)c1)N(C)C(=O)OC12CC1CN[C@H]2c1ccccc1. The van der Waals surface area contributed by atoms with Gasteiger partial charge < -0.3 is 15.0 Å². The van der Waals surface area contributed by atoms with E-state index in [0.717, 1.165) is 10.5 Å². The zero-order chi connectivity index (χ0) is 24.2. The van der Waals surface area contributed by atoms with E-state index in [9.17, 15) is 31.1 Å². The van der Waals surface area contributed by atoms with Crippen LogP contribution in [0.3, 0.4) is 0 Å². The van der Waals surface area contributed by atoms with Gasteiger partial charge in [-0.25, -0.2) is 4.79 Å². The molecule has 0 aromatic heterocycles. The molecule has 2 aromatic carbocycles. The maximum Gasteiger partial charge on any atom is 0.416 e. The quantitative estimate of drug-likeness (QED) is 0.559. The molecule has 178 valence electrons. The summed E-state index contributed by atoms with van der Waals surface area (Å²) < 4.78 is 85.1. The number of benzene rings is 2. The van der Waals surface area contributed by atoms with Crippen LogP contribution < -0.4 is 5.32 Å². The molecule has 1 N–H and O–H groups in total. The normalized spacial score (nSPS) is 25.3. The van der Waals surface area contributed by atoms with Gasteiger partial charge in [0.15, 0.2) is 0 Å². The molecular weight excluding hydrogens is 450 g/mol. The molecular formula is C23H22F6N2O2. The monoisotopic (exact) mass is 472 g/mol. The average Bonchev–Trinajstić information content (AvgIpc) is 3.34. The lowest BCUT2D eigenvalue weighted by atomic mass is 9.99. The molecule has 0 spiro atoms. The second kappa shape index (κ2) is 7.93. The van der Waals surface area contributed by atoms with Crippen LogP contribution in [0.15, 0.2) is 48.5 Å². The van der Waals surface area contributed by atoms with E-state index in [1.807, 2.05) is 30.3 Å². The summed E-state index contributed by atoms with van der Waals surface area (Å²) in [5.74, 6) is 0.0979. The fraction of sp³-hybridized carbons (Fsp3) is 0.435. The highest BCUT2D eigenvalue weighted by molar-refractivity contribution is 5.69. The molecule has 1 saturated heterocycles. The lowest BCUT2D eigenvalue weighted by Gasteiger charge is -2.30. The molecule has 1 aliphatic carbocycles. The Bertz CT molecular complexity index is 1010. The fourth-order valence-corrected chi connectivity index (χ4v) is 4.42. The van der Waals surface area contributed by atoms with Gasteiger partial charge in [0.1, 0.15) is 5.60 Å². The van der Waals surface area contributed by atoms with E-state index in [4.69, 9.17) is 4.74 Å². The highest BCUT2D eigenvalue weighted by atomic mass is 19.4. The van der Waals surface area contributed by atoms with Gasteiger partial charge in [-0.2, -0.15) is 26.3 Å². The van der Waals surface area contributed by atoms with Crippen LogP contribution in [0.4, 0.5) is 31.1 Å². The third-order valence-corrected chi connectivity index (χ3v) is 6.52. The maximum absolute atomic E-state index is 13.2. The van der Waals surface area contributed by atoms with Gasteiger partial charge in [-0.05, 0) is 42.7 Å². The van der Waals surface area contributed by atoms with Gasteiger partial charge in [-0.15, -0.1) is 0 Å². The molecule has 2 unspecified atom stereocenters. The number of nitrogens with zero attached hydrogens (tertiary/aromatic N) is 1. The van der Waals surface area contributed by atoms with E-state index in [1.165, 1.54) is 14.0 Å². The summed E-state index contributed by atoms with van der Waals surface area (Å²) in [7, 11) is 1.30. The maximum atomic E-state index is 13.2. The molecule has 2 fully saturated rings. The summed E-state index contributed by atoms with van der Waals surface area (Å²) in [6.07, 6.45) is -10.1. The van der Waals surface area contributed by atoms with E-state index in [1.54, 1.807) is 0 Å². The number of halogens is 6. The summed E-state index contributed by atoms with van der Waals surface area (Å²) in [5.41, 5.74) is -2.98. The standard InChI is InChI=1S/C23H22F6N2O2/c1-13(15-8-16(22(24,25)26)10-17(9-15)23(27,28)29)31(2)20(32)33-21-11-18(21)12-30-19(21)14-6-4-3-5-7-14/h3-10,13,18-19,30H,11-12H2,1-2H3/t13-,18?,19+,21?/m1/s1. The number of carbonyl (C=O) groups is 1. The van der Waals surface area contributed by atoms with Crippen LogP contribution in [0.25, 0.3) is 0 Å². The highest BCUT2D eigenvalue weighted by Gasteiger charge is 2.67. The van der Waals surface area contributed by atoms with Gasteiger partial charge >= 0.3 is 18.4 Å². The van der Waals surface area contributed by atoms with Crippen molar-refractivity contribution in [1.29, 1.82) is 0 Å². The Balaban J connectivity index is 1.56. The van der Waals surface area contributed by atoms with Gasteiger partial charge in [0, 0.05) is 19.5 Å². The first-order valence-electron chi connectivity index (χ1n) is 10.4. The minimum Gasteiger partial charge on any atom is -0.440 e. The Hall–Kier alpha value is -2.75. The van der Waals surface area contributed by atoms with Crippen LogP contribution in [0.2, 0.25) is 0 Å². The van der Waals surface area contributed by atoms with Crippen molar-refractivity contribution < 1.29 is 35.9 Å². The summed E-state index contributed by atoms with van der Waals surface area (Å²) in [6, 6.07) is 9.41. The first-order chi connectivity index (χ1) is 15.3. The number of hydrogen-bond donors (Lipinski definition) is 1. The Morgan fingerprint density at radius 2 is 1.64 bits per heavy atom. The Morgan fingerprint density at radius 3 is 2.15 bits per heavy atom. The van der Waals surface area contributed by atoms with Crippen molar-refractivity contribution in [1.82, 2.24) is 10.2 Å². The van der Waals surface area contributed by atoms with Crippen LogP contribution in [0, 0.1) is 5.92 Å². The number of piperidine rings is 1. The minimum absolute atomic E-state index is 0.0664. The van der Waals surface area contributed by atoms with Crippen molar-refractivity contribution in [2.45, 2.75) is 43.4 Å². The number of alkyl halides is 6. The van der Waals surface area contributed by atoms with Crippen molar-refractivity contribution in [3.63, 3.8) is 0 Å². The van der Waals surface area contributed by atoms with Crippen LogP contribution in [-0.2, 0) is 17.1 Å². The first-order valence-corrected chi connectivity index (χ1v) is 10.4. The van der Waals surface area contributed by atoms with Crippen LogP contribution in [0.5, 0.6) is 0 Å². The van der Waals surface area contributed by atoms with Crippen LogP contribution in [-0.4, -0.2) is 30.2 Å². The molecule has 0 radical (unpaired) electrons. The number of fused-ring (bicyclic) bond motifs is 1. The van der Waals surface area contributed by atoms with E-state index < -0.39 is 41.2 Å². The van der Waals surface area contributed by atoms with Crippen molar-refractivity contribution in [3.8, 4) is 0 Å². The molecule has 2 aliphatic rings. The molecule has 1 amide bonds. The molecule has 2 aromatic rings. The Morgan fingerprint density at radius 1 is 1.06 bits per heavy atom. The average molecular weight is 472 g/mol. The van der Waals surface area contributed by atoms with Gasteiger partial charge in [0.2, 0.25) is 0 Å². The summed E-state index contributed by atoms with van der Waals surface area (Å²) in [5, 5.41) is 3.32. The lowest BCUT2D eigenvalue weighted by molar-refractivity contribution is -0.143. The lowest BCUT2D eigenvalue weighted by Crippen LogP contribution is -2.38. The molecule has 10 heteroatoms. The highest BCUT2D eigenvalue weighted by Crippen LogP contribution is 2.58. The van der Waals surface area contributed by atoms with Crippen molar-refractivity contribution in [2.24, 2.45) is 5.92 Å². The third-order valence-electron chi connectivity index (χ3n) is 6.52. The minimum atomic E-state index is -4.96. The number of hydrogen-bond acceptors (Lipinski definition) is 3. The molecule has 33 heavy (non-hydrogen) atoms. The molecule has 4 rings (SSSR count). The summed E-state index contributed by atoms with van der Waals surface area (Å²) >= 11 is 0. The first kappa shape index (κ1) is 23.4.